The first-order valence-electron chi connectivity index (χ1n) is 6.07. The summed E-state index contributed by atoms with van der Waals surface area (Å²) in [6.45, 7) is 1.49. The van der Waals surface area contributed by atoms with Crippen molar-refractivity contribution in [1.29, 1.82) is 0 Å². The quantitative estimate of drug-likeness (QED) is 0.793. The molecule has 0 saturated carbocycles. The first-order chi connectivity index (χ1) is 8.83. The van der Waals surface area contributed by atoms with Crippen LogP contribution in [0.1, 0.15) is 5.56 Å². The molecule has 0 aliphatic rings. The maximum Gasteiger partial charge on any atom is 0.169 e. The second-order valence-corrected chi connectivity index (χ2v) is 4.21. The largest absolute Gasteiger partial charge is 0.355 e. The maximum absolute atomic E-state index is 5.12. The highest BCUT2D eigenvalue weighted by atomic mass is 16.7. The van der Waals surface area contributed by atoms with Crippen molar-refractivity contribution in [3.63, 3.8) is 0 Å². The number of benzene rings is 2. The number of hydrogen-bond acceptors (Lipinski definition) is 3. The first-order valence-corrected chi connectivity index (χ1v) is 6.07. The number of nitrogens with one attached hydrogen (secondary N) is 1. The molecule has 1 N–H and O–H groups in total. The second kappa shape index (κ2) is 6.50. The summed E-state index contributed by atoms with van der Waals surface area (Å²) in [5, 5.41) is 5.86. The number of methoxy groups -OCH3 is 2. The van der Waals surface area contributed by atoms with Gasteiger partial charge in [0.15, 0.2) is 6.29 Å². The Morgan fingerprint density at radius 3 is 2.44 bits per heavy atom. The predicted molar refractivity (Wildman–Crippen MR) is 73.5 cm³/mol. The zero-order chi connectivity index (χ0) is 12.8. The van der Waals surface area contributed by atoms with Gasteiger partial charge in [-0.25, -0.2) is 0 Å². The molecule has 18 heavy (non-hydrogen) atoms. The topological polar surface area (TPSA) is 30.5 Å². The molecule has 2 aromatic carbocycles. The molecule has 0 atom stereocenters. The molecule has 0 aromatic heterocycles. The van der Waals surface area contributed by atoms with Gasteiger partial charge >= 0.3 is 0 Å². The Morgan fingerprint density at radius 2 is 1.72 bits per heavy atom. The summed E-state index contributed by atoms with van der Waals surface area (Å²) in [4.78, 5) is 0. The van der Waals surface area contributed by atoms with Crippen LogP contribution in [-0.2, 0) is 16.0 Å². The molecule has 0 amide bonds. The van der Waals surface area contributed by atoms with Gasteiger partial charge in [-0.15, -0.1) is 0 Å². The van der Waals surface area contributed by atoms with Gasteiger partial charge in [0.2, 0.25) is 0 Å². The van der Waals surface area contributed by atoms with E-state index in [1.807, 2.05) is 0 Å². The number of fused-ring (bicyclic) bond motifs is 1. The van der Waals surface area contributed by atoms with Gasteiger partial charge in [-0.2, -0.15) is 0 Å². The summed E-state index contributed by atoms with van der Waals surface area (Å²) in [6, 6.07) is 14.9. The summed E-state index contributed by atoms with van der Waals surface area (Å²) in [5.41, 5.74) is 1.26. The minimum atomic E-state index is -0.189. The molecule has 0 aliphatic carbocycles. The SMILES string of the molecule is COC(CNCc1ccc2ccccc2c1)OC. The van der Waals surface area contributed by atoms with Crippen LogP contribution in [0.15, 0.2) is 42.5 Å². The van der Waals surface area contributed by atoms with Crippen molar-refractivity contribution in [2.24, 2.45) is 0 Å². The van der Waals surface area contributed by atoms with Crippen LogP contribution in [0, 0.1) is 0 Å². The highest BCUT2D eigenvalue weighted by Gasteiger charge is 2.03. The van der Waals surface area contributed by atoms with Gasteiger partial charge in [0.1, 0.15) is 0 Å². The van der Waals surface area contributed by atoms with Crippen LogP contribution < -0.4 is 5.32 Å². The van der Waals surface area contributed by atoms with E-state index in [9.17, 15) is 0 Å². The average molecular weight is 245 g/mol. The van der Waals surface area contributed by atoms with E-state index in [0.29, 0.717) is 6.54 Å². The van der Waals surface area contributed by atoms with E-state index in [1.165, 1.54) is 16.3 Å². The van der Waals surface area contributed by atoms with E-state index in [-0.39, 0.29) is 6.29 Å². The van der Waals surface area contributed by atoms with E-state index >= 15 is 0 Å². The molecular formula is C15H19NO2. The van der Waals surface area contributed by atoms with Crippen molar-refractivity contribution >= 4 is 10.8 Å². The lowest BCUT2D eigenvalue weighted by molar-refractivity contribution is -0.0989. The predicted octanol–water partition coefficient (Wildman–Crippen LogP) is 2.55. The van der Waals surface area contributed by atoms with Gasteiger partial charge in [-0.05, 0) is 22.4 Å². The lowest BCUT2D eigenvalue weighted by Gasteiger charge is -2.14. The smallest absolute Gasteiger partial charge is 0.169 e. The summed E-state index contributed by atoms with van der Waals surface area (Å²) in [6.07, 6.45) is -0.189. The van der Waals surface area contributed by atoms with Crippen molar-refractivity contribution in [2.75, 3.05) is 20.8 Å². The lowest BCUT2D eigenvalue weighted by Crippen LogP contribution is -2.29. The molecule has 0 unspecified atom stereocenters. The van der Waals surface area contributed by atoms with Gasteiger partial charge in [-0.1, -0.05) is 36.4 Å². The highest BCUT2D eigenvalue weighted by Crippen LogP contribution is 2.15. The summed E-state index contributed by atoms with van der Waals surface area (Å²) in [5.74, 6) is 0. The minimum Gasteiger partial charge on any atom is -0.355 e. The molecule has 3 nitrogen and oxygen atoms in total. The molecule has 0 aliphatic heterocycles. The molecule has 0 bridgehead atoms. The van der Waals surface area contributed by atoms with Gasteiger partial charge in [0.25, 0.3) is 0 Å². The van der Waals surface area contributed by atoms with Crippen LogP contribution in [0.2, 0.25) is 0 Å². The van der Waals surface area contributed by atoms with Crippen molar-refractivity contribution < 1.29 is 9.47 Å². The third kappa shape index (κ3) is 3.29. The van der Waals surface area contributed by atoms with Crippen LogP contribution in [0.5, 0.6) is 0 Å². The summed E-state index contributed by atoms with van der Waals surface area (Å²) in [7, 11) is 3.29. The maximum atomic E-state index is 5.12. The van der Waals surface area contributed by atoms with Gasteiger partial charge in [-0.3, -0.25) is 0 Å². The average Bonchev–Trinajstić information content (AvgIpc) is 2.43. The first kappa shape index (κ1) is 13.0. The molecular weight excluding hydrogens is 226 g/mol. The molecule has 2 aromatic rings. The molecule has 0 saturated heterocycles. The van der Waals surface area contributed by atoms with E-state index in [4.69, 9.17) is 9.47 Å². The third-order valence-corrected chi connectivity index (χ3v) is 2.98. The molecule has 0 heterocycles. The Balaban J connectivity index is 1.95. The van der Waals surface area contributed by atoms with Gasteiger partial charge in [0, 0.05) is 27.3 Å². The van der Waals surface area contributed by atoms with Crippen LogP contribution >= 0.6 is 0 Å². The van der Waals surface area contributed by atoms with E-state index in [1.54, 1.807) is 14.2 Å². The molecule has 0 fully saturated rings. The molecule has 3 heteroatoms. The number of hydrogen-bond donors (Lipinski definition) is 1. The van der Waals surface area contributed by atoms with Crippen LogP contribution in [-0.4, -0.2) is 27.1 Å². The second-order valence-electron chi connectivity index (χ2n) is 4.21. The fourth-order valence-corrected chi connectivity index (χ4v) is 1.95. The molecule has 0 spiro atoms. The molecule has 96 valence electrons. The van der Waals surface area contributed by atoms with Crippen molar-refractivity contribution in [1.82, 2.24) is 5.32 Å². The summed E-state index contributed by atoms with van der Waals surface area (Å²) < 4.78 is 10.2. The third-order valence-electron chi connectivity index (χ3n) is 2.98. The van der Waals surface area contributed by atoms with Crippen molar-refractivity contribution in [2.45, 2.75) is 12.8 Å². The van der Waals surface area contributed by atoms with E-state index < -0.39 is 0 Å². The monoisotopic (exact) mass is 245 g/mol. The van der Waals surface area contributed by atoms with Gasteiger partial charge < -0.3 is 14.8 Å². The number of rotatable bonds is 6. The van der Waals surface area contributed by atoms with Crippen molar-refractivity contribution in [3.8, 4) is 0 Å². The Bertz CT molecular complexity index is 495. The Morgan fingerprint density at radius 1 is 1.00 bits per heavy atom. The molecule has 0 radical (unpaired) electrons. The van der Waals surface area contributed by atoms with Crippen LogP contribution in [0.3, 0.4) is 0 Å². The van der Waals surface area contributed by atoms with Gasteiger partial charge in [0.05, 0.1) is 0 Å². The van der Waals surface area contributed by atoms with Crippen molar-refractivity contribution in [3.05, 3.63) is 48.0 Å². The van der Waals surface area contributed by atoms with Crippen LogP contribution in [0.25, 0.3) is 10.8 Å². The zero-order valence-corrected chi connectivity index (χ0v) is 10.8. The van der Waals surface area contributed by atoms with E-state index in [2.05, 4.69) is 47.8 Å². The highest BCUT2D eigenvalue weighted by molar-refractivity contribution is 5.82. The normalized spacial score (nSPS) is 11.3. The number of ether oxygens (including phenoxy) is 2. The van der Waals surface area contributed by atoms with E-state index in [0.717, 1.165) is 6.54 Å². The zero-order valence-electron chi connectivity index (χ0n) is 10.8. The Labute approximate surface area is 108 Å². The Hall–Kier alpha value is -1.42. The fraction of sp³-hybridized carbons (Fsp3) is 0.333. The standard InChI is InChI=1S/C15H19NO2/c1-17-15(18-2)11-16-10-12-7-8-13-5-3-4-6-14(13)9-12/h3-9,15-16H,10-11H2,1-2H3. The minimum absolute atomic E-state index is 0.189. The van der Waals surface area contributed by atoms with Crippen LogP contribution in [0.4, 0.5) is 0 Å². The summed E-state index contributed by atoms with van der Waals surface area (Å²) >= 11 is 0. The lowest BCUT2D eigenvalue weighted by atomic mass is 10.1. The Kier molecular flexibility index (Phi) is 4.70. The fourth-order valence-electron chi connectivity index (χ4n) is 1.95. The molecule has 2 rings (SSSR count).